The first kappa shape index (κ1) is 24.5. The summed E-state index contributed by atoms with van der Waals surface area (Å²) in [5.74, 6) is -0.350. The lowest BCUT2D eigenvalue weighted by Crippen LogP contribution is -2.49. The van der Waals surface area contributed by atoms with E-state index in [1.165, 1.54) is 5.56 Å². The van der Waals surface area contributed by atoms with Gasteiger partial charge < -0.3 is 10.1 Å². The van der Waals surface area contributed by atoms with Gasteiger partial charge in [-0.15, -0.1) is 0 Å². The number of carbonyl (C=O) groups is 1. The van der Waals surface area contributed by atoms with Crippen molar-refractivity contribution >= 4 is 33.2 Å². The highest BCUT2D eigenvalue weighted by Gasteiger charge is 2.31. The van der Waals surface area contributed by atoms with Crippen LogP contribution < -0.4 is 9.62 Å². The van der Waals surface area contributed by atoms with Crippen molar-refractivity contribution in [3.05, 3.63) is 64.7 Å². The summed E-state index contributed by atoms with van der Waals surface area (Å²) >= 11 is 6.06. The number of morpholine rings is 1. The zero-order valence-electron chi connectivity index (χ0n) is 18.5. The van der Waals surface area contributed by atoms with Gasteiger partial charge in [0.2, 0.25) is 15.9 Å². The zero-order valence-corrected chi connectivity index (χ0v) is 20.0. The zero-order chi connectivity index (χ0) is 23.1. The Morgan fingerprint density at radius 2 is 1.84 bits per heavy atom. The highest BCUT2D eigenvalue weighted by atomic mass is 35.5. The molecule has 2 aromatic carbocycles. The van der Waals surface area contributed by atoms with Gasteiger partial charge >= 0.3 is 0 Å². The van der Waals surface area contributed by atoms with Crippen LogP contribution in [0.25, 0.3) is 0 Å². The predicted molar refractivity (Wildman–Crippen MR) is 127 cm³/mol. The molecule has 0 bridgehead atoms. The topological polar surface area (TPSA) is 79.0 Å². The average molecular weight is 480 g/mol. The Balaban J connectivity index is 1.70. The molecule has 1 saturated heterocycles. The summed E-state index contributed by atoms with van der Waals surface area (Å²) in [7, 11) is -3.70. The van der Waals surface area contributed by atoms with Crippen molar-refractivity contribution in [2.24, 2.45) is 0 Å². The lowest BCUT2D eigenvalue weighted by Gasteiger charge is -2.30. The predicted octanol–water partition coefficient (Wildman–Crippen LogP) is 3.03. The molecule has 1 aliphatic rings. The molecule has 1 heterocycles. The van der Waals surface area contributed by atoms with Crippen LogP contribution >= 0.6 is 11.6 Å². The summed E-state index contributed by atoms with van der Waals surface area (Å²) in [6.45, 7) is 6.25. The van der Waals surface area contributed by atoms with Crippen LogP contribution in [0.3, 0.4) is 0 Å². The minimum Gasteiger partial charge on any atom is -0.379 e. The number of benzene rings is 2. The molecule has 9 heteroatoms. The number of hydrogen-bond acceptors (Lipinski definition) is 5. The first-order chi connectivity index (χ1) is 15.3. The van der Waals surface area contributed by atoms with Crippen molar-refractivity contribution < 1.29 is 17.9 Å². The molecule has 0 radical (unpaired) electrons. The van der Waals surface area contributed by atoms with Gasteiger partial charge in [-0.3, -0.25) is 14.0 Å². The third kappa shape index (κ3) is 6.68. The number of rotatable bonds is 9. The summed E-state index contributed by atoms with van der Waals surface area (Å²) < 4.78 is 31.6. The van der Waals surface area contributed by atoms with Crippen LogP contribution in [0.1, 0.15) is 24.5 Å². The summed E-state index contributed by atoms with van der Waals surface area (Å²) in [6, 6.07) is 13.7. The van der Waals surface area contributed by atoms with Crippen molar-refractivity contribution in [2.75, 3.05) is 36.9 Å². The lowest BCUT2D eigenvalue weighted by atomic mass is 10.1. The fraction of sp³-hybridized carbons (Fsp3) is 0.435. The molecular formula is C23H30ClN3O4S. The van der Waals surface area contributed by atoms with E-state index < -0.39 is 16.1 Å². The fourth-order valence-corrected chi connectivity index (χ4v) is 5.22. The van der Waals surface area contributed by atoms with E-state index in [-0.39, 0.29) is 5.91 Å². The maximum atomic E-state index is 13.0. The number of amides is 1. The van der Waals surface area contributed by atoms with Crippen LogP contribution in [0.2, 0.25) is 5.02 Å². The van der Waals surface area contributed by atoms with E-state index >= 15 is 0 Å². The summed E-state index contributed by atoms with van der Waals surface area (Å²) in [4.78, 5) is 15.4. The van der Waals surface area contributed by atoms with Gasteiger partial charge in [0.15, 0.2) is 0 Å². The van der Waals surface area contributed by atoms with E-state index in [9.17, 15) is 13.2 Å². The molecule has 174 valence electrons. The van der Waals surface area contributed by atoms with Crippen molar-refractivity contribution in [1.29, 1.82) is 0 Å². The monoisotopic (exact) mass is 479 g/mol. The van der Waals surface area contributed by atoms with E-state index in [1.807, 2.05) is 12.1 Å². The minimum atomic E-state index is -3.70. The number of nitrogens with one attached hydrogen (secondary N) is 1. The van der Waals surface area contributed by atoms with Gasteiger partial charge in [-0.05, 0) is 35.7 Å². The number of halogens is 1. The Morgan fingerprint density at radius 3 is 2.50 bits per heavy atom. The van der Waals surface area contributed by atoms with E-state index in [2.05, 4.69) is 22.3 Å². The normalized spacial score (nSPS) is 15.8. The average Bonchev–Trinajstić information content (AvgIpc) is 2.76. The standard InChI is InChI=1S/C23H30ClN3O4S/c1-3-22(27(32(2,29)30)21-9-5-8-20(24)15-21)23(28)25-16-18-6-4-7-19(14-18)17-26-10-12-31-13-11-26/h4-9,14-15,22H,3,10-13,16-17H2,1-2H3,(H,25,28). The van der Waals surface area contributed by atoms with Crippen LogP contribution in [0.15, 0.2) is 48.5 Å². The van der Waals surface area contributed by atoms with Gasteiger partial charge in [0.25, 0.3) is 0 Å². The molecule has 1 amide bonds. The first-order valence-corrected chi connectivity index (χ1v) is 12.9. The van der Waals surface area contributed by atoms with Crippen molar-refractivity contribution in [3.8, 4) is 0 Å². The molecule has 1 fully saturated rings. The Bertz CT molecular complexity index is 1030. The van der Waals surface area contributed by atoms with Gasteiger partial charge in [0.05, 0.1) is 25.2 Å². The smallest absolute Gasteiger partial charge is 0.244 e. The minimum absolute atomic E-state index is 0.319. The van der Waals surface area contributed by atoms with Crippen LogP contribution in [-0.4, -0.2) is 57.8 Å². The van der Waals surface area contributed by atoms with Crippen LogP contribution in [0.5, 0.6) is 0 Å². The fourth-order valence-electron chi connectivity index (χ4n) is 3.84. The second-order valence-corrected chi connectivity index (χ2v) is 10.2. The Morgan fingerprint density at radius 1 is 1.16 bits per heavy atom. The van der Waals surface area contributed by atoms with Gasteiger partial charge in [-0.25, -0.2) is 8.42 Å². The molecule has 1 N–H and O–H groups in total. The number of sulfonamides is 1. The van der Waals surface area contributed by atoms with Crippen molar-refractivity contribution in [3.63, 3.8) is 0 Å². The van der Waals surface area contributed by atoms with Gasteiger partial charge in [-0.1, -0.05) is 48.9 Å². The lowest BCUT2D eigenvalue weighted by molar-refractivity contribution is -0.122. The SMILES string of the molecule is CCC(C(=O)NCc1cccc(CN2CCOCC2)c1)N(c1cccc(Cl)c1)S(C)(=O)=O. The van der Waals surface area contributed by atoms with E-state index in [0.29, 0.717) is 23.7 Å². The quantitative estimate of drug-likeness (QED) is 0.598. The van der Waals surface area contributed by atoms with Gasteiger partial charge in [0.1, 0.15) is 6.04 Å². The molecule has 1 unspecified atom stereocenters. The molecule has 3 rings (SSSR count). The van der Waals surface area contributed by atoms with E-state index in [0.717, 1.165) is 49.0 Å². The number of anilines is 1. The van der Waals surface area contributed by atoms with Crippen molar-refractivity contribution in [2.45, 2.75) is 32.5 Å². The largest absolute Gasteiger partial charge is 0.379 e. The molecule has 1 aliphatic heterocycles. The Labute approximate surface area is 195 Å². The van der Waals surface area contributed by atoms with E-state index in [4.69, 9.17) is 16.3 Å². The number of nitrogens with zero attached hydrogens (tertiary/aromatic N) is 2. The highest BCUT2D eigenvalue weighted by molar-refractivity contribution is 7.92. The van der Waals surface area contributed by atoms with Crippen molar-refractivity contribution in [1.82, 2.24) is 10.2 Å². The van der Waals surface area contributed by atoms with E-state index in [1.54, 1.807) is 31.2 Å². The highest BCUT2D eigenvalue weighted by Crippen LogP contribution is 2.25. The summed E-state index contributed by atoms with van der Waals surface area (Å²) in [6.07, 6.45) is 1.42. The van der Waals surface area contributed by atoms with Gasteiger partial charge in [0, 0.05) is 31.2 Å². The summed E-state index contributed by atoms with van der Waals surface area (Å²) in [5.41, 5.74) is 2.50. The maximum Gasteiger partial charge on any atom is 0.244 e. The molecule has 0 spiro atoms. The van der Waals surface area contributed by atoms with Gasteiger partial charge in [-0.2, -0.15) is 0 Å². The third-order valence-electron chi connectivity index (χ3n) is 5.36. The second kappa shape index (κ2) is 11.1. The molecule has 0 aromatic heterocycles. The first-order valence-electron chi connectivity index (χ1n) is 10.7. The molecule has 1 atom stereocenters. The van der Waals surface area contributed by atoms with Crippen LogP contribution in [0.4, 0.5) is 5.69 Å². The third-order valence-corrected chi connectivity index (χ3v) is 6.78. The molecule has 0 aliphatic carbocycles. The number of ether oxygens (including phenoxy) is 1. The summed E-state index contributed by atoms with van der Waals surface area (Å²) in [5, 5.41) is 3.31. The maximum absolute atomic E-state index is 13.0. The Kier molecular flexibility index (Phi) is 8.53. The molecular weight excluding hydrogens is 450 g/mol. The van der Waals surface area contributed by atoms with Crippen LogP contribution in [-0.2, 0) is 32.6 Å². The van der Waals surface area contributed by atoms with Crippen LogP contribution in [0, 0.1) is 0 Å². The molecule has 0 saturated carbocycles. The molecule has 7 nitrogen and oxygen atoms in total. The molecule has 32 heavy (non-hydrogen) atoms. The number of hydrogen-bond donors (Lipinski definition) is 1. The molecule has 2 aromatic rings. The second-order valence-electron chi connectivity index (χ2n) is 7.89. The number of carbonyl (C=O) groups excluding carboxylic acids is 1. The Hall–Kier alpha value is -2.13.